The summed E-state index contributed by atoms with van der Waals surface area (Å²) in [6.07, 6.45) is 2.91. The molecule has 1 aromatic carbocycles. The highest BCUT2D eigenvalue weighted by atomic mass is 15.2. The predicted octanol–water partition coefficient (Wildman–Crippen LogP) is 1.79. The summed E-state index contributed by atoms with van der Waals surface area (Å²) >= 11 is 0. The van der Waals surface area contributed by atoms with Gasteiger partial charge in [0, 0.05) is 22.9 Å². The Hall–Kier alpha value is -1.68. The molecule has 1 aromatic heterocycles. The maximum absolute atomic E-state index is 4.23. The molecule has 1 atom stereocenters. The molecular formula is C13H16N4. The second-order valence-electron chi connectivity index (χ2n) is 4.89. The number of benzene rings is 1. The Labute approximate surface area is 100 Å². The molecule has 1 unspecified atom stereocenters. The van der Waals surface area contributed by atoms with Gasteiger partial charge in [-0.25, -0.2) is 0 Å². The molecular weight excluding hydrogens is 212 g/mol. The number of nitrogens with one attached hydrogen (secondary N) is 2. The molecule has 0 bridgehead atoms. The molecule has 2 N–H and O–H groups in total. The van der Waals surface area contributed by atoms with E-state index in [2.05, 4.69) is 39.9 Å². The average Bonchev–Trinajstić information content (AvgIpc) is 2.76. The van der Waals surface area contributed by atoms with Gasteiger partial charge >= 0.3 is 0 Å². The number of rotatable bonds is 2. The summed E-state index contributed by atoms with van der Waals surface area (Å²) in [6, 6.07) is 8.19. The third-order valence-corrected chi connectivity index (χ3v) is 3.36. The average molecular weight is 228 g/mol. The highest BCUT2D eigenvalue weighted by Crippen LogP contribution is 2.25. The summed E-state index contributed by atoms with van der Waals surface area (Å²) in [5, 5.41) is 17.4. The molecule has 1 fully saturated rings. The highest BCUT2D eigenvalue weighted by molar-refractivity contribution is 5.91. The van der Waals surface area contributed by atoms with Crippen LogP contribution in [0.5, 0.6) is 0 Å². The lowest BCUT2D eigenvalue weighted by Crippen LogP contribution is -2.37. The SMILES string of the molecule is CC1(Nc2nncc3ccccc23)CCNC1. The predicted molar refractivity (Wildman–Crippen MR) is 69.1 cm³/mol. The quantitative estimate of drug-likeness (QED) is 0.823. The van der Waals surface area contributed by atoms with Gasteiger partial charge in [0.05, 0.1) is 6.20 Å². The maximum atomic E-state index is 4.23. The second kappa shape index (κ2) is 3.96. The molecule has 0 radical (unpaired) electrons. The molecule has 1 aliphatic heterocycles. The van der Waals surface area contributed by atoms with E-state index in [0.717, 1.165) is 36.1 Å². The molecule has 4 heteroatoms. The first-order valence-corrected chi connectivity index (χ1v) is 5.96. The topological polar surface area (TPSA) is 49.8 Å². The molecule has 0 aliphatic carbocycles. The fourth-order valence-electron chi connectivity index (χ4n) is 2.33. The maximum Gasteiger partial charge on any atom is 0.157 e. The standard InChI is InChI=1S/C13H16N4/c1-13(6-7-14-9-13)16-12-11-5-3-2-4-10(11)8-15-17-12/h2-5,8,14H,6-7,9H2,1H3,(H,16,17). The molecule has 17 heavy (non-hydrogen) atoms. The van der Waals surface area contributed by atoms with Gasteiger partial charge in [0.15, 0.2) is 5.82 Å². The Morgan fingerprint density at radius 3 is 3.06 bits per heavy atom. The first-order valence-electron chi connectivity index (χ1n) is 5.96. The molecule has 0 saturated carbocycles. The second-order valence-corrected chi connectivity index (χ2v) is 4.89. The van der Waals surface area contributed by atoms with Crippen LogP contribution in [0.4, 0.5) is 5.82 Å². The molecule has 2 heterocycles. The van der Waals surface area contributed by atoms with Gasteiger partial charge in [-0.2, -0.15) is 5.10 Å². The van der Waals surface area contributed by atoms with Gasteiger partial charge in [0.2, 0.25) is 0 Å². The minimum absolute atomic E-state index is 0.0821. The summed E-state index contributed by atoms with van der Waals surface area (Å²) in [4.78, 5) is 0. The van der Waals surface area contributed by atoms with Crippen LogP contribution in [0.3, 0.4) is 0 Å². The van der Waals surface area contributed by atoms with Crippen LogP contribution in [0.2, 0.25) is 0 Å². The van der Waals surface area contributed by atoms with Crippen molar-refractivity contribution in [1.82, 2.24) is 15.5 Å². The van der Waals surface area contributed by atoms with Crippen LogP contribution in [0.1, 0.15) is 13.3 Å². The van der Waals surface area contributed by atoms with E-state index >= 15 is 0 Å². The smallest absolute Gasteiger partial charge is 0.157 e. The Morgan fingerprint density at radius 1 is 1.35 bits per heavy atom. The van der Waals surface area contributed by atoms with E-state index < -0.39 is 0 Å². The Morgan fingerprint density at radius 2 is 2.24 bits per heavy atom. The molecule has 0 amide bonds. The van der Waals surface area contributed by atoms with Gasteiger partial charge in [-0.15, -0.1) is 5.10 Å². The van der Waals surface area contributed by atoms with Crippen LogP contribution in [-0.2, 0) is 0 Å². The van der Waals surface area contributed by atoms with Crippen molar-refractivity contribution in [3.63, 3.8) is 0 Å². The van der Waals surface area contributed by atoms with E-state index in [-0.39, 0.29) is 5.54 Å². The summed E-state index contributed by atoms with van der Waals surface area (Å²) in [5.74, 6) is 0.884. The van der Waals surface area contributed by atoms with E-state index in [4.69, 9.17) is 0 Å². The lowest BCUT2D eigenvalue weighted by molar-refractivity contribution is 0.564. The molecule has 3 rings (SSSR count). The fourth-order valence-corrected chi connectivity index (χ4v) is 2.33. The van der Waals surface area contributed by atoms with Crippen LogP contribution in [0, 0.1) is 0 Å². The van der Waals surface area contributed by atoms with Crippen LogP contribution < -0.4 is 10.6 Å². The van der Waals surface area contributed by atoms with Crippen molar-refractivity contribution in [2.24, 2.45) is 0 Å². The van der Waals surface area contributed by atoms with E-state index in [1.54, 1.807) is 6.20 Å². The number of hydrogen-bond donors (Lipinski definition) is 2. The minimum Gasteiger partial charge on any atom is -0.362 e. The van der Waals surface area contributed by atoms with Crippen LogP contribution in [0.25, 0.3) is 10.8 Å². The van der Waals surface area contributed by atoms with E-state index in [1.807, 2.05) is 12.1 Å². The van der Waals surface area contributed by atoms with Crippen molar-refractivity contribution >= 4 is 16.6 Å². The van der Waals surface area contributed by atoms with Crippen LogP contribution in [-0.4, -0.2) is 28.8 Å². The minimum atomic E-state index is 0.0821. The molecule has 1 saturated heterocycles. The summed E-state index contributed by atoms with van der Waals surface area (Å²) in [5.41, 5.74) is 0.0821. The lowest BCUT2D eigenvalue weighted by Gasteiger charge is -2.25. The van der Waals surface area contributed by atoms with Crippen molar-refractivity contribution in [1.29, 1.82) is 0 Å². The van der Waals surface area contributed by atoms with E-state index in [9.17, 15) is 0 Å². The van der Waals surface area contributed by atoms with E-state index in [0.29, 0.717) is 0 Å². The number of anilines is 1. The number of fused-ring (bicyclic) bond motifs is 1. The first kappa shape index (κ1) is 10.5. The van der Waals surface area contributed by atoms with Gasteiger partial charge in [-0.1, -0.05) is 24.3 Å². The summed E-state index contributed by atoms with van der Waals surface area (Å²) in [6.45, 7) is 4.25. The normalized spacial score (nSPS) is 24.1. The third-order valence-electron chi connectivity index (χ3n) is 3.36. The van der Waals surface area contributed by atoms with Gasteiger partial charge < -0.3 is 10.6 Å². The van der Waals surface area contributed by atoms with Gasteiger partial charge in [0.1, 0.15) is 0 Å². The van der Waals surface area contributed by atoms with Gasteiger partial charge in [0.25, 0.3) is 0 Å². The zero-order chi connectivity index (χ0) is 11.7. The van der Waals surface area contributed by atoms with Gasteiger partial charge in [-0.05, 0) is 19.9 Å². The molecule has 88 valence electrons. The number of aromatic nitrogens is 2. The third kappa shape index (κ3) is 1.96. The van der Waals surface area contributed by atoms with Gasteiger partial charge in [-0.3, -0.25) is 0 Å². The highest BCUT2D eigenvalue weighted by Gasteiger charge is 2.29. The Bertz CT molecular complexity index is 526. The first-order chi connectivity index (χ1) is 8.27. The van der Waals surface area contributed by atoms with E-state index in [1.165, 1.54) is 0 Å². The summed E-state index contributed by atoms with van der Waals surface area (Å²) in [7, 11) is 0. The number of hydrogen-bond acceptors (Lipinski definition) is 4. The zero-order valence-corrected chi connectivity index (χ0v) is 9.90. The molecule has 4 nitrogen and oxygen atoms in total. The van der Waals surface area contributed by atoms with Crippen molar-refractivity contribution < 1.29 is 0 Å². The fraction of sp³-hybridized carbons (Fsp3) is 0.385. The van der Waals surface area contributed by atoms with Crippen molar-refractivity contribution in [3.8, 4) is 0 Å². The van der Waals surface area contributed by atoms with Crippen molar-refractivity contribution in [2.75, 3.05) is 18.4 Å². The number of nitrogens with zero attached hydrogens (tertiary/aromatic N) is 2. The van der Waals surface area contributed by atoms with Crippen molar-refractivity contribution in [3.05, 3.63) is 30.5 Å². The Balaban J connectivity index is 2.00. The summed E-state index contributed by atoms with van der Waals surface area (Å²) < 4.78 is 0. The largest absolute Gasteiger partial charge is 0.362 e. The molecule has 2 aromatic rings. The van der Waals surface area contributed by atoms with Crippen LogP contribution in [0.15, 0.2) is 30.5 Å². The zero-order valence-electron chi connectivity index (χ0n) is 9.90. The van der Waals surface area contributed by atoms with Crippen LogP contribution >= 0.6 is 0 Å². The lowest BCUT2D eigenvalue weighted by atomic mass is 10.0. The molecule has 1 aliphatic rings. The molecule has 0 spiro atoms. The monoisotopic (exact) mass is 228 g/mol. The van der Waals surface area contributed by atoms with Crippen molar-refractivity contribution in [2.45, 2.75) is 18.9 Å². The Kier molecular flexibility index (Phi) is 2.44.